The summed E-state index contributed by atoms with van der Waals surface area (Å²) < 4.78 is 0. The number of urea groups is 1. The van der Waals surface area contributed by atoms with Crippen molar-refractivity contribution in [1.29, 1.82) is 0 Å². The smallest absolute Gasteiger partial charge is 0.296 e. The molecule has 0 aliphatic heterocycles. The van der Waals surface area contributed by atoms with Crippen molar-refractivity contribution in [3.05, 3.63) is 30.3 Å². The lowest BCUT2D eigenvalue weighted by Crippen LogP contribution is -2.36. The summed E-state index contributed by atoms with van der Waals surface area (Å²) in [5.41, 5.74) is 3.01. The predicted molar refractivity (Wildman–Crippen MR) is 49.2 cm³/mol. The van der Waals surface area contributed by atoms with Gasteiger partial charge in [0.15, 0.2) is 0 Å². The summed E-state index contributed by atoms with van der Waals surface area (Å²) in [5, 5.41) is 0. The molecule has 0 aliphatic carbocycles. The molecule has 1 rings (SSSR count). The maximum atomic E-state index is 11.2. The Labute approximate surface area is 77.1 Å². The Kier molecular flexibility index (Phi) is 3.28. The van der Waals surface area contributed by atoms with E-state index in [4.69, 9.17) is 0 Å². The van der Waals surface area contributed by atoms with Crippen molar-refractivity contribution in [2.75, 3.05) is 19.1 Å². The van der Waals surface area contributed by atoms with Crippen molar-refractivity contribution in [3.63, 3.8) is 0 Å². The van der Waals surface area contributed by atoms with E-state index >= 15 is 0 Å². The van der Waals surface area contributed by atoms with Crippen molar-refractivity contribution in [2.45, 2.75) is 0 Å². The van der Waals surface area contributed by atoms with E-state index in [1.54, 1.807) is 31.3 Å². The molecule has 0 aliphatic rings. The first-order chi connectivity index (χ1) is 6.25. The van der Waals surface area contributed by atoms with Crippen molar-refractivity contribution < 1.29 is 9.63 Å². The predicted octanol–water partition coefficient (Wildman–Crippen LogP) is 1.19. The quantitative estimate of drug-likeness (QED) is 0.693. The van der Waals surface area contributed by atoms with Crippen molar-refractivity contribution >= 4 is 11.7 Å². The lowest BCUT2D eigenvalue weighted by atomic mass is 10.3. The van der Waals surface area contributed by atoms with Crippen LogP contribution in [0.15, 0.2) is 24.3 Å². The molecule has 0 bridgehead atoms. The van der Waals surface area contributed by atoms with Gasteiger partial charge in [-0.05, 0) is 18.2 Å². The summed E-state index contributed by atoms with van der Waals surface area (Å²) in [6, 6.07) is 9.62. The molecule has 69 valence electrons. The number of hydrogen-bond donors (Lipinski definition) is 1. The average Bonchev–Trinajstić information content (AvgIpc) is 2.18. The minimum absolute atomic E-state index is 0.311. The second-order valence-corrected chi connectivity index (χ2v) is 2.43. The first kappa shape index (κ1) is 9.54. The van der Waals surface area contributed by atoms with Crippen LogP contribution in [0.25, 0.3) is 0 Å². The molecule has 0 fully saturated rings. The van der Waals surface area contributed by atoms with E-state index < -0.39 is 0 Å². The standard InChI is InChI=1S/C9H11N2O2/c1-11(9(12)10-13-2)8-6-4-3-5-7-8/h4-7H,1-2H3,(H,10,12). The molecule has 0 saturated heterocycles. The highest BCUT2D eigenvalue weighted by Crippen LogP contribution is 2.10. The Morgan fingerprint density at radius 3 is 2.69 bits per heavy atom. The minimum atomic E-state index is -0.311. The maximum absolute atomic E-state index is 11.2. The molecule has 2 amide bonds. The third-order valence-corrected chi connectivity index (χ3v) is 1.58. The van der Waals surface area contributed by atoms with Crippen LogP contribution in [0.4, 0.5) is 10.5 Å². The highest BCUT2D eigenvalue weighted by atomic mass is 16.6. The molecule has 1 aromatic rings. The molecule has 13 heavy (non-hydrogen) atoms. The van der Waals surface area contributed by atoms with Crippen molar-refractivity contribution in [2.24, 2.45) is 0 Å². The van der Waals surface area contributed by atoms with Crippen LogP contribution >= 0.6 is 0 Å². The van der Waals surface area contributed by atoms with Crippen LogP contribution in [0.2, 0.25) is 0 Å². The number of amides is 2. The Hall–Kier alpha value is -1.55. The highest BCUT2D eigenvalue weighted by Gasteiger charge is 2.08. The Bertz CT molecular complexity index is 274. The summed E-state index contributed by atoms with van der Waals surface area (Å²) in [7, 11) is 3.05. The first-order valence-corrected chi connectivity index (χ1v) is 3.78. The average molecular weight is 179 g/mol. The molecule has 0 spiro atoms. The zero-order chi connectivity index (χ0) is 9.68. The van der Waals surface area contributed by atoms with Crippen LogP contribution in [0.3, 0.4) is 0 Å². The number of carbonyl (C=O) groups is 1. The van der Waals surface area contributed by atoms with Crippen LogP contribution in [0.5, 0.6) is 0 Å². The van der Waals surface area contributed by atoms with Gasteiger partial charge in [-0.15, -0.1) is 0 Å². The first-order valence-electron chi connectivity index (χ1n) is 3.78. The van der Waals surface area contributed by atoms with Crippen molar-refractivity contribution in [1.82, 2.24) is 5.48 Å². The minimum Gasteiger partial charge on any atom is -0.296 e. The van der Waals surface area contributed by atoms with E-state index in [0.717, 1.165) is 5.69 Å². The Balaban J connectivity index is 2.68. The fourth-order valence-corrected chi connectivity index (χ4v) is 0.875. The zero-order valence-electron chi connectivity index (χ0n) is 7.57. The lowest BCUT2D eigenvalue weighted by molar-refractivity contribution is 0.111. The van der Waals surface area contributed by atoms with Crippen LogP contribution in [0.1, 0.15) is 0 Å². The van der Waals surface area contributed by atoms with Gasteiger partial charge in [-0.2, -0.15) is 0 Å². The second kappa shape index (κ2) is 4.47. The molecule has 0 atom stereocenters. The number of benzene rings is 1. The fraction of sp³-hybridized carbons (Fsp3) is 0.222. The third kappa shape index (κ3) is 2.45. The van der Waals surface area contributed by atoms with E-state index in [-0.39, 0.29) is 6.03 Å². The lowest BCUT2D eigenvalue weighted by Gasteiger charge is -2.16. The number of anilines is 1. The van der Waals surface area contributed by atoms with Crippen LogP contribution in [-0.4, -0.2) is 20.2 Å². The van der Waals surface area contributed by atoms with Crippen LogP contribution in [0, 0.1) is 6.07 Å². The number of nitrogens with one attached hydrogen (secondary N) is 1. The maximum Gasteiger partial charge on any atom is 0.345 e. The normalized spacial score (nSPS) is 9.38. The summed E-state index contributed by atoms with van der Waals surface area (Å²) in [4.78, 5) is 17.2. The Morgan fingerprint density at radius 1 is 1.54 bits per heavy atom. The van der Waals surface area contributed by atoms with Gasteiger partial charge in [0.1, 0.15) is 0 Å². The monoisotopic (exact) mass is 179 g/mol. The fourth-order valence-electron chi connectivity index (χ4n) is 0.875. The SMILES string of the molecule is CONC(=O)N(C)c1cc[c]cc1. The van der Waals surface area contributed by atoms with E-state index in [0.29, 0.717) is 0 Å². The molecule has 0 aromatic heterocycles. The summed E-state index contributed by atoms with van der Waals surface area (Å²) in [6.45, 7) is 0. The topological polar surface area (TPSA) is 41.6 Å². The number of rotatable bonds is 2. The Morgan fingerprint density at radius 2 is 2.15 bits per heavy atom. The molecular formula is C9H11N2O2. The van der Waals surface area contributed by atoms with Gasteiger partial charge in [0.05, 0.1) is 7.11 Å². The number of hydroxylamine groups is 1. The number of hydrogen-bond acceptors (Lipinski definition) is 2. The van der Waals surface area contributed by atoms with Gasteiger partial charge in [-0.3, -0.25) is 9.74 Å². The van der Waals surface area contributed by atoms with Gasteiger partial charge in [-0.25, -0.2) is 10.3 Å². The zero-order valence-corrected chi connectivity index (χ0v) is 7.57. The molecular weight excluding hydrogens is 168 g/mol. The number of nitrogens with zero attached hydrogens (tertiary/aromatic N) is 1. The van der Waals surface area contributed by atoms with Gasteiger partial charge in [0, 0.05) is 12.7 Å². The molecule has 1 aromatic carbocycles. The van der Waals surface area contributed by atoms with Gasteiger partial charge < -0.3 is 0 Å². The second-order valence-electron chi connectivity index (χ2n) is 2.43. The molecule has 4 heteroatoms. The highest BCUT2D eigenvalue weighted by molar-refractivity contribution is 5.90. The van der Waals surface area contributed by atoms with E-state index in [9.17, 15) is 4.79 Å². The molecule has 0 heterocycles. The van der Waals surface area contributed by atoms with Crippen LogP contribution < -0.4 is 10.4 Å². The third-order valence-electron chi connectivity index (χ3n) is 1.58. The van der Waals surface area contributed by atoms with Crippen molar-refractivity contribution in [3.8, 4) is 0 Å². The van der Waals surface area contributed by atoms with E-state index in [1.807, 2.05) is 0 Å². The van der Waals surface area contributed by atoms with Gasteiger partial charge in [-0.1, -0.05) is 12.1 Å². The van der Waals surface area contributed by atoms with E-state index in [2.05, 4.69) is 16.4 Å². The summed E-state index contributed by atoms with van der Waals surface area (Å²) in [6.07, 6.45) is 0. The van der Waals surface area contributed by atoms with Gasteiger partial charge >= 0.3 is 6.03 Å². The molecule has 0 unspecified atom stereocenters. The molecule has 1 radical (unpaired) electrons. The largest absolute Gasteiger partial charge is 0.345 e. The van der Waals surface area contributed by atoms with Gasteiger partial charge in [0.2, 0.25) is 0 Å². The summed E-state index contributed by atoms with van der Waals surface area (Å²) >= 11 is 0. The number of carbonyl (C=O) groups excluding carboxylic acids is 1. The van der Waals surface area contributed by atoms with E-state index in [1.165, 1.54) is 12.0 Å². The van der Waals surface area contributed by atoms with Crippen LogP contribution in [-0.2, 0) is 4.84 Å². The summed E-state index contributed by atoms with van der Waals surface area (Å²) in [5.74, 6) is 0. The molecule has 1 N–H and O–H groups in total. The molecule has 4 nitrogen and oxygen atoms in total. The van der Waals surface area contributed by atoms with Gasteiger partial charge in [0.25, 0.3) is 0 Å². The molecule has 0 saturated carbocycles.